The molecular formula is C36H48N4O10. The molecule has 0 aliphatic carbocycles. The molecule has 1 aromatic rings. The van der Waals surface area contributed by atoms with Gasteiger partial charge in [-0.25, -0.2) is 9.78 Å². The Hall–Kier alpha value is -4.88. The third-order valence-corrected chi connectivity index (χ3v) is 8.23. The maximum absolute atomic E-state index is 13.9. The van der Waals surface area contributed by atoms with E-state index in [0.717, 1.165) is 88.3 Å². The van der Waals surface area contributed by atoms with Crippen molar-refractivity contribution in [2.45, 2.75) is 124 Å². The normalized spacial score (nSPS) is 13.0. The highest BCUT2D eigenvalue weighted by Crippen LogP contribution is 2.27. The number of aromatic nitrogens is 4. The molecule has 3 rings (SSSR count). The van der Waals surface area contributed by atoms with Crippen molar-refractivity contribution in [3.8, 4) is 11.5 Å². The number of carbonyl (C=O) groups excluding carboxylic acids is 4. The number of ether oxygens (including phenoxy) is 4. The zero-order valence-corrected chi connectivity index (χ0v) is 29.8. The summed E-state index contributed by atoms with van der Waals surface area (Å²) < 4.78 is 24.3. The summed E-state index contributed by atoms with van der Waals surface area (Å²) in [6.07, 6.45) is 5.55. The second-order valence-electron chi connectivity index (χ2n) is 12.4. The zero-order valence-electron chi connectivity index (χ0n) is 29.8. The molecule has 3 unspecified atom stereocenters. The number of allylic oxidation sites excluding steroid dienone is 1. The predicted molar refractivity (Wildman–Crippen MR) is 185 cm³/mol. The fourth-order valence-electron chi connectivity index (χ4n) is 5.74. The van der Waals surface area contributed by atoms with Gasteiger partial charge in [-0.05, 0) is 56.4 Å². The molecule has 2 heterocycles. The van der Waals surface area contributed by atoms with Crippen molar-refractivity contribution < 1.29 is 38.1 Å². The van der Waals surface area contributed by atoms with Crippen LogP contribution in [0.5, 0.6) is 0 Å². The molecule has 0 amide bonds. The number of fused-ring (bicyclic) bond motifs is 2. The molecule has 0 saturated carbocycles. The Kier molecular flexibility index (Phi) is 14.8. The van der Waals surface area contributed by atoms with E-state index in [9.17, 15) is 28.8 Å². The number of esters is 4. The van der Waals surface area contributed by atoms with E-state index >= 15 is 0 Å². The second kappa shape index (κ2) is 18.8. The van der Waals surface area contributed by atoms with E-state index in [-0.39, 0.29) is 24.6 Å². The zero-order chi connectivity index (χ0) is 37.0. The van der Waals surface area contributed by atoms with Crippen LogP contribution in [0.2, 0.25) is 0 Å². The number of aryl methyl sites for hydroxylation is 2. The molecule has 0 N–H and O–H groups in total. The third kappa shape index (κ3) is 11.1. The smallest absolute Gasteiger partial charge is 0.352 e. The minimum absolute atomic E-state index is 0.0747. The second-order valence-corrected chi connectivity index (χ2v) is 12.4. The molecule has 50 heavy (non-hydrogen) atoms. The summed E-state index contributed by atoms with van der Waals surface area (Å²) >= 11 is 0. The van der Waals surface area contributed by atoms with Crippen LogP contribution in [0.1, 0.15) is 90.2 Å². The lowest BCUT2D eigenvalue weighted by molar-refractivity contribution is -0.190. The van der Waals surface area contributed by atoms with Gasteiger partial charge in [-0.2, -0.15) is 4.98 Å². The van der Waals surface area contributed by atoms with E-state index in [0.29, 0.717) is 17.5 Å². The number of benzene rings is 1. The lowest BCUT2D eigenvalue weighted by Crippen LogP contribution is -2.49. The van der Waals surface area contributed by atoms with Crippen LogP contribution in [-0.4, -0.2) is 67.9 Å². The van der Waals surface area contributed by atoms with Gasteiger partial charge in [0.25, 0.3) is 5.56 Å². The number of nitrogens with zero attached hydrogens (tertiary/aromatic N) is 4. The number of hydrogen-bond acceptors (Lipinski definition) is 12. The van der Waals surface area contributed by atoms with Gasteiger partial charge < -0.3 is 23.5 Å². The summed E-state index contributed by atoms with van der Waals surface area (Å²) in [6, 6.07) is 3.58. The SMILES string of the molecule is C=CCCCCCCCCCn1c(=O)nc2n(CC(OC(C)=O)C(OC(C)=O)C(COC(C)=O)OC(C)=O)c3cc(C)c(C)cc3nc-2c1=O. The van der Waals surface area contributed by atoms with Crippen LogP contribution >= 0.6 is 0 Å². The van der Waals surface area contributed by atoms with Crippen LogP contribution in [0.4, 0.5) is 0 Å². The summed E-state index contributed by atoms with van der Waals surface area (Å²) in [7, 11) is 0. The molecule has 0 saturated heterocycles. The average Bonchev–Trinajstić information content (AvgIpc) is 3.03. The summed E-state index contributed by atoms with van der Waals surface area (Å²) in [5.41, 5.74) is 1.13. The molecule has 0 radical (unpaired) electrons. The lowest BCUT2D eigenvalue weighted by atomic mass is 10.1. The van der Waals surface area contributed by atoms with Crippen molar-refractivity contribution in [3.05, 3.63) is 56.8 Å². The van der Waals surface area contributed by atoms with E-state index in [1.165, 1.54) is 4.57 Å². The summed E-state index contributed by atoms with van der Waals surface area (Å²) in [5, 5.41) is 0. The molecule has 0 spiro atoms. The maximum Gasteiger partial charge on any atom is 0.352 e. The van der Waals surface area contributed by atoms with Crippen molar-refractivity contribution in [2.24, 2.45) is 0 Å². The van der Waals surface area contributed by atoms with Crippen molar-refractivity contribution in [1.82, 2.24) is 19.1 Å². The molecule has 14 nitrogen and oxygen atoms in total. The first-order chi connectivity index (χ1) is 23.7. The van der Waals surface area contributed by atoms with Gasteiger partial charge in [0.15, 0.2) is 29.8 Å². The number of unbranched alkanes of at least 4 members (excludes halogenated alkanes) is 7. The van der Waals surface area contributed by atoms with Crippen LogP contribution < -0.4 is 11.2 Å². The number of hydrogen-bond donors (Lipinski definition) is 0. The molecule has 2 aliphatic rings. The van der Waals surface area contributed by atoms with Gasteiger partial charge in [-0.3, -0.25) is 28.5 Å². The van der Waals surface area contributed by atoms with Crippen LogP contribution in [0, 0.1) is 13.8 Å². The maximum atomic E-state index is 13.9. The first-order valence-corrected chi connectivity index (χ1v) is 16.9. The van der Waals surface area contributed by atoms with Gasteiger partial charge >= 0.3 is 29.6 Å². The molecule has 1 aromatic carbocycles. The van der Waals surface area contributed by atoms with E-state index in [1.807, 2.05) is 19.9 Å². The van der Waals surface area contributed by atoms with Gasteiger partial charge in [0.2, 0.25) is 0 Å². The molecule has 272 valence electrons. The van der Waals surface area contributed by atoms with Crippen LogP contribution in [0.25, 0.3) is 22.6 Å². The Balaban J connectivity index is 2.11. The van der Waals surface area contributed by atoms with Gasteiger partial charge in [0.05, 0.1) is 17.6 Å². The van der Waals surface area contributed by atoms with Crippen LogP contribution in [-0.2, 0) is 51.2 Å². The van der Waals surface area contributed by atoms with E-state index in [2.05, 4.69) is 16.5 Å². The first-order valence-electron chi connectivity index (χ1n) is 16.9. The van der Waals surface area contributed by atoms with Crippen molar-refractivity contribution in [1.29, 1.82) is 0 Å². The Morgan fingerprint density at radius 3 is 1.94 bits per heavy atom. The minimum Gasteiger partial charge on any atom is -0.462 e. The molecule has 0 aromatic heterocycles. The number of carbonyl (C=O) groups is 4. The molecule has 14 heteroatoms. The van der Waals surface area contributed by atoms with Crippen LogP contribution in [0.15, 0.2) is 34.4 Å². The Morgan fingerprint density at radius 1 is 0.760 bits per heavy atom. The highest BCUT2D eigenvalue weighted by atomic mass is 16.6. The molecule has 3 atom stereocenters. The predicted octanol–water partition coefficient (Wildman–Crippen LogP) is 4.34. The molecule has 2 aliphatic heterocycles. The Morgan fingerprint density at radius 2 is 1.34 bits per heavy atom. The number of rotatable bonds is 19. The topological polar surface area (TPSA) is 175 Å². The van der Waals surface area contributed by atoms with Gasteiger partial charge in [-0.1, -0.05) is 38.2 Å². The highest BCUT2D eigenvalue weighted by Gasteiger charge is 2.39. The van der Waals surface area contributed by atoms with Gasteiger partial charge in [0.1, 0.15) is 6.61 Å². The molecular weight excluding hydrogens is 648 g/mol. The van der Waals surface area contributed by atoms with E-state index in [1.54, 1.807) is 12.1 Å². The standard InChI is InChI=1S/C36H48N4O10/c1-8-9-10-11-12-13-14-15-16-17-39-35(45)32-34(38-36(39)46)40(29-19-23(3)22(2)18-28(29)37-32)20-30(48-25(5)42)33(50-27(7)44)31(49-26(6)43)21-47-24(4)41/h8,18-19,30-31,33H,1,9-17,20-21H2,2-7H3. The van der Waals surface area contributed by atoms with Crippen molar-refractivity contribution >= 4 is 34.9 Å². The van der Waals surface area contributed by atoms with E-state index in [4.69, 9.17) is 18.9 Å². The fraction of sp³-hybridized carbons (Fsp3) is 0.556. The quantitative estimate of drug-likeness (QED) is 0.0571. The average molecular weight is 697 g/mol. The van der Waals surface area contributed by atoms with Crippen molar-refractivity contribution in [2.75, 3.05) is 6.61 Å². The summed E-state index contributed by atoms with van der Waals surface area (Å²) in [5.74, 6) is -3.12. The summed E-state index contributed by atoms with van der Waals surface area (Å²) in [4.78, 5) is 84.7. The molecule has 0 bridgehead atoms. The van der Waals surface area contributed by atoms with Crippen LogP contribution in [0.3, 0.4) is 0 Å². The van der Waals surface area contributed by atoms with E-state index < -0.39 is 60.0 Å². The monoisotopic (exact) mass is 696 g/mol. The fourth-order valence-corrected chi connectivity index (χ4v) is 5.74. The third-order valence-electron chi connectivity index (χ3n) is 8.23. The minimum atomic E-state index is -1.48. The van der Waals surface area contributed by atoms with Gasteiger partial charge in [0, 0.05) is 34.2 Å². The summed E-state index contributed by atoms with van der Waals surface area (Å²) in [6.45, 7) is 11.4. The first kappa shape index (κ1) is 39.6. The Bertz CT molecular complexity index is 1780. The van der Waals surface area contributed by atoms with Crippen molar-refractivity contribution in [3.63, 3.8) is 0 Å². The van der Waals surface area contributed by atoms with Gasteiger partial charge in [-0.15, -0.1) is 6.58 Å². The molecule has 0 fully saturated rings. The highest BCUT2D eigenvalue weighted by molar-refractivity contribution is 5.81. The Labute approximate surface area is 291 Å². The largest absolute Gasteiger partial charge is 0.462 e. The lowest BCUT2D eigenvalue weighted by Gasteiger charge is -2.32.